The van der Waals surface area contributed by atoms with E-state index in [1.165, 1.54) is 14.0 Å². The van der Waals surface area contributed by atoms with E-state index in [1.54, 1.807) is 6.92 Å². The number of hydrogen-bond acceptors (Lipinski definition) is 5. The molecule has 1 aromatic carbocycles. The van der Waals surface area contributed by atoms with Gasteiger partial charge in [-0.3, -0.25) is 4.79 Å². The van der Waals surface area contributed by atoms with E-state index in [-0.39, 0.29) is 6.61 Å². The van der Waals surface area contributed by atoms with Crippen LogP contribution in [-0.4, -0.2) is 37.2 Å². The number of carbonyl (C=O) groups excluding carboxylic acids is 3. The summed E-state index contributed by atoms with van der Waals surface area (Å²) in [5.74, 6) is -1.02. The van der Waals surface area contributed by atoms with Gasteiger partial charge in [-0.05, 0) is 18.9 Å². The van der Waals surface area contributed by atoms with Crippen LogP contribution in [0.4, 0.5) is 4.79 Å². The van der Waals surface area contributed by atoms with Crippen LogP contribution in [0.5, 0.6) is 0 Å². The van der Waals surface area contributed by atoms with Crippen molar-refractivity contribution in [2.24, 2.45) is 0 Å². The van der Waals surface area contributed by atoms with Gasteiger partial charge in [-0.2, -0.15) is 0 Å². The van der Waals surface area contributed by atoms with Crippen molar-refractivity contribution in [2.75, 3.05) is 7.11 Å². The van der Waals surface area contributed by atoms with Crippen molar-refractivity contribution in [2.45, 2.75) is 39.0 Å². The molecule has 0 aliphatic carbocycles. The number of benzene rings is 1. The van der Waals surface area contributed by atoms with Crippen LogP contribution in [0.15, 0.2) is 30.3 Å². The summed E-state index contributed by atoms with van der Waals surface area (Å²) >= 11 is 0. The highest BCUT2D eigenvalue weighted by Gasteiger charge is 2.23. The van der Waals surface area contributed by atoms with Gasteiger partial charge in [-0.15, -0.1) is 0 Å². The van der Waals surface area contributed by atoms with Crippen LogP contribution in [0.3, 0.4) is 0 Å². The molecule has 0 aliphatic rings. The second kappa shape index (κ2) is 9.45. The maximum absolute atomic E-state index is 12.0. The van der Waals surface area contributed by atoms with E-state index in [2.05, 4.69) is 15.4 Å². The molecule has 0 saturated carbocycles. The quantitative estimate of drug-likeness (QED) is 0.740. The molecule has 0 heterocycles. The molecule has 126 valence electrons. The summed E-state index contributed by atoms with van der Waals surface area (Å²) < 4.78 is 9.61. The Bertz CT molecular complexity index is 533. The van der Waals surface area contributed by atoms with E-state index >= 15 is 0 Å². The van der Waals surface area contributed by atoms with Crippen LogP contribution >= 0.6 is 0 Å². The Labute approximate surface area is 135 Å². The molecule has 7 nitrogen and oxygen atoms in total. The summed E-state index contributed by atoms with van der Waals surface area (Å²) in [5, 5.41) is 4.92. The van der Waals surface area contributed by atoms with Gasteiger partial charge in [0.25, 0.3) is 0 Å². The standard InChI is InChI=1S/C16H22N2O5/c1-4-13(15(20)22-3)18-14(19)11(2)17-16(21)23-10-12-8-6-5-7-9-12/h5-9,11,13H,4,10H2,1-3H3,(H,17,21)(H,18,19)/t11-,13-/m0/s1. The zero-order valence-electron chi connectivity index (χ0n) is 13.5. The average molecular weight is 322 g/mol. The third-order valence-corrected chi connectivity index (χ3v) is 3.15. The molecule has 0 aromatic heterocycles. The van der Waals surface area contributed by atoms with Crippen molar-refractivity contribution >= 4 is 18.0 Å². The Morgan fingerprint density at radius 2 is 1.78 bits per heavy atom. The van der Waals surface area contributed by atoms with Crippen LogP contribution in [0, 0.1) is 0 Å². The fourth-order valence-electron chi connectivity index (χ4n) is 1.77. The fourth-order valence-corrected chi connectivity index (χ4v) is 1.77. The summed E-state index contributed by atoms with van der Waals surface area (Å²) in [6, 6.07) is 7.61. The molecule has 0 unspecified atom stereocenters. The Hall–Kier alpha value is -2.57. The Morgan fingerprint density at radius 1 is 1.13 bits per heavy atom. The molecule has 7 heteroatoms. The monoisotopic (exact) mass is 322 g/mol. The van der Waals surface area contributed by atoms with Gasteiger partial charge < -0.3 is 20.1 Å². The van der Waals surface area contributed by atoms with Crippen molar-refractivity contribution in [3.8, 4) is 0 Å². The smallest absolute Gasteiger partial charge is 0.408 e. The summed E-state index contributed by atoms with van der Waals surface area (Å²) in [7, 11) is 1.25. The number of ether oxygens (including phenoxy) is 2. The lowest BCUT2D eigenvalue weighted by Crippen LogP contribution is -2.50. The normalized spacial score (nSPS) is 12.7. The van der Waals surface area contributed by atoms with E-state index in [9.17, 15) is 14.4 Å². The predicted octanol–water partition coefficient (Wildman–Crippen LogP) is 1.37. The number of methoxy groups -OCH3 is 1. The van der Waals surface area contributed by atoms with Crippen molar-refractivity contribution in [1.29, 1.82) is 0 Å². The van der Waals surface area contributed by atoms with Crippen molar-refractivity contribution in [1.82, 2.24) is 10.6 Å². The van der Waals surface area contributed by atoms with Gasteiger partial charge in [0, 0.05) is 0 Å². The molecule has 2 N–H and O–H groups in total. The lowest BCUT2D eigenvalue weighted by atomic mass is 10.2. The van der Waals surface area contributed by atoms with E-state index < -0.39 is 30.1 Å². The van der Waals surface area contributed by atoms with E-state index in [0.29, 0.717) is 6.42 Å². The zero-order chi connectivity index (χ0) is 17.2. The van der Waals surface area contributed by atoms with Crippen LogP contribution in [0.25, 0.3) is 0 Å². The maximum Gasteiger partial charge on any atom is 0.408 e. The summed E-state index contributed by atoms with van der Waals surface area (Å²) in [6.07, 6.45) is -0.313. The summed E-state index contributed by atoms with van der Waals surface area (Å²) in [6.45, 7) is 3.36. The van der Waals surface area contributed by atoms with Crippen molar-refractivity contribution in [3.63, 3.8) is 0 Å². The summed E-state index contributed by atoms with van der Waals surface area (Å²) in [5.41, 5.74) is 0.844. The van der Waals surface area contributed by atoms with Gasteiger partial charge in [0.2, 0.25) is 5.91 Å². The molecule has 2 amide bonds. The Morgan fingerprint density at radius 3 is 2.35 bits per heavy atom. The lowest BCUT2D eigenvalue weighted by Gasteiger charge is -2.18. The van der Waals surface area contributed by atoms with Crippen LogP contribution < -0.4 is 10.6 Å². The van der Waals surface area contributed by atoms with E-state index in [0.717, 1.165) is 5.56 Å². The first-order valence-electron chi connectivity index (χ1n) is 7.33. The van der Waals surface area contributed by atoms with Gasteiger partial charge in [0.05, 0.1) is 7.11 Å². The predicted molar refractivity (Wildman–Crippen MR) is 83.5 cm³/mol. The molecular weight excluding hydrogens is 300 g/mol. The van der Waals surface area contributed by atoms with Crippen LogP contribution in [0.2, 0.25) is 0 Å². The second-order valence-electron chi connectivity index (χ2n) is 4.92. The number of esters is 1. The molecule has 1 aromatic rings. The second-order valence-corrected chi connectivity index (χ2v) is 4.92. The first kappa shape index (κ1) is 18.5. The van der Waals surface area contributed by atoms with Crippen molar-refractivity contribution < 1.29 is 23.9 Å². The number of carbonyl (C=O) groups is 3. The topological polar surface area (TPSA) is 93.7 Å². The third-order valence-electron chi connectivity index (χ3n) is 3.15. The number of alkyl carbamates (subject to hydrolysis) is 1. The first-order chi connectivity index (χ1) is 11.0. The molecule has 0 radical (unpaired) electrons. The van der Waals surface area contributed by atoms with E-state index in [4.69, 9.17) is 4.74 Å². The van der Waals surface area contributed by atoms with Gasteiger partial charge in [-0.1, -0.05) is 37.3 Å². The molecule has 2 atom stereocenters. The number of amides is 2. The van der Waals surface area contributed by atoms with Crippen molar-refractivity contribution in [3.05, 3.63) is 35.9 Å². The zero-order valence-corrected chi connectivity index (χ0v) is 13.5. The Kier molecular flexibility index (Phi) is 7.59. The molecular formula is C16H22N2O5. The highest BCUT2D eigenvalue weighted by Crippen LogP contribution is 2.01. The molecule has 0 saturated heterocycles. The average Bonchev–Trinajstić information content (AvgIpc) is 2.57. The number of rotatable bonds is 7. The number of hydrogen-bond donors (Lipinski definition) is 2. The minimum atomic E-state index is -0.836. The molecule has 0 bridgehead atoms. The minimum Gasteiger partial charge on any atom is -0.467 e. The largest absolute Gasteiger partial charge is 0.467 e. The lowest BCUT2D eigenvalue weighted by molar-refractivity contribution is -0.145. The van der Waals surface area contributed by atoms with Gasteiger partial charge in [-0.25, -0.2) is 9.59 Å². The first-order valence-corrected chi connectivity index (χ1v) is 7.33. The highest BCUT2D eigenvalue weighted by atomic mass is 16.5. The van der Waals surface area contributed by atoms with E-state index in [1.807, 2.05) is 30.3 Å². The fraction of sp³-hybridized carbons (Fsp3) is 0.438. The maximum atomic E-state index is 12.0. The molecule has 0 aliphatic heterocycles. The molecule has 1 rings (SSSR count). The Balaban J connectivity index is 2.41. The van der Waals surface area contributed by atoms with Gasteiger partial charge >= 0.3 is 12.1 Å². The third kappa shape index (κ3) is 6.37. The minimum absolute atomic E-state index is 0.112. The van der Waals surface area contributed by atoms with Crippen LogP contribution in [-0.2, 0) is 25.7 Å². The summed E-state index contributed by atoms with van der Waals surface area (Å²) in [4.78, 5) is 35.1. The number of nitrogens with one attached hydrogen (secondary N) is 2. The van der Waals surface area contributed by atoms with Gasteiger partial charge in [0.15, 0.2) is 0 Å². The highest BCUT2D eigenvalue weighted by molar-refractivity contribution is 5.89. The molecule has 0 spiro atoms. The van der Waals surface area contributed by atoms with Gasteiger partial charge in [0.1, 0.15) is 18.7 Å². The molecule has 23 heavy (non-hydrogen) atoms. The van der Waals surface area contributed by atoms with Crippen LogP contribution in [0.1, 0.15) is 25.8 Å². The SMILES string of the molecule is CC[C@H](NC(=O)[C@H](C)NC(=O)OCc1ccccc1)C(=O)OC. The molecule has 0 fully saturated rings.